The lowest BCUT2D eigenvalue weighted by Gasteiger charge is -2.25. The van der Waals surface area contributed by atoms with Crippen molar-refractivity contribution in [3.8, 4) is 17.3 Å². The molecule has 0 bridgehead atoms. The second-order valence-electron chi connectivity index (χ2n) is 10.6. The van der Waals surface area contributed by atoms with Crippen LogP contribution in [0.5, 0.6) is 0 Å². The third-order valence-corrected chi connectivity index (χ3v) is 7.70. The second kappa shape index (κ2) is 12.9. The van der Waals surface area contributed by atoms with Gasteiger partial charge in [0.2, 0.25) is 11.9 Å². The molecule has 4 heterocycles. The molecule has 11 heteroatoms. The van der Waals surface area contributed by atoms with Crippen molar-refractivity contribution in [2.24, 2.45) is 0 Å². The van der Waals surface area contributed by atoms with E-state index in [2.05, 4.69) is 36.6 Å². The number of carbonyl (C=O) groups excluding carboxylic acids is 2. The molecule has 2 fully saturated rings. The number of hydrogen-bond donors (Lipinski definition) is 3. The number of nitriles is 1. The summed E-state index contributed by atoms with van der Waals surface area (Å²) in [5, 5.41) is 16.8. The van der Waals surface area contributed by atoms with Crippen LogP contribution >= 0.6 is 0 Å². The van der Waals surface area contributed by atoms with E-state index in [1.54, 1.807) is 29.2 Å². The average molecular weight is 577 g/mol. The number of H-pyrrole nitrogens is 1. The van der Waals surface area contributed by atoms with Crippen molar-refractivity contribution in [3.05, 3.63) is 84.2 Å². The Morgan fingerprint density at radius 3 is 2.74 bits per heavy atom. The van der Waals surface area contributed by atoms with Crippen molar-refractivity contribution >= 4 is 34.4 Å². The van der Waals surface area contributed by atoms with E-state index >= 15 is 0 Å². The maximum absolute atomic E-state index is 13.2. The van der Waals surface area contributed by atoms with Gasteiger partial charge in [0, 0.05) is 78.8 Å². The van der Waals surface area contributed by atoms with Crippen molar-refractivity contribution in [3.63, 3.8) is 0 Å². The maximum Gasteiger partial charge on any atom is 0.253 e. The number of fused-ring (bicyclic) bond motifs is 1. The van der Waals surface area contributed by atoms with Gasteiger partial charge in [0.25, 0.3) is 5.91 Å². The van der Waals surface area contributed by atoms with E-state index in [0.29, 0.717) is 48.1 Å². The van der Waals surface area contributed by atoms with Crippen LogP contribution in [0, 0.1) is 11.3 Å². The first kappa shape index (κ1) is 28.1. The Bertz CT molecular complexity index is 1690. The van der Waals surface area contributed by atoms with E-state index in [-0.39, 0.29) is 17.9 Å². The molecule has 2 aliphatic heterocycles. The topological polar surface area (TPSA) is 139 Å². The van der Waals surface area contributed by atoms with Gasteiger partial charge in [0.05, 0.1) is 30.7 Å². The number of para-hydroxylation sites is 1. The number of aromatic nitrogens is 3. The van der Waals surface area contributed by atoms with Crippen LogP contribution in [-0.2, 0) is 9.53 Å². The van der Waals surface area contributed by atoms with Crippen LogP contribution in [0.25, 0.3) is 22.2 Å². The number of anilines is 2. The van der Waals surface area contributed by atoms with Gasteiger partial charge in [0.15, 0.2) is 0 Å². The molecule has 218 valence electrons. The molecule has 0 radical (unpaired) electrons. The third-order valence-electron chi connectivity index (χ3n) is 7.70. The Morgan fingerprint density at radius 1 is 1.12 bits per heavy atom. The highest BCUT2D eigenvalue weighted by molar-refractivity contribution is 6.00. The quantitative estimate of drug-likeness (QED) is 0.270. The van der Waals surface area contributed by atoms with Crippen molar-refractivity contribution in [1.82, 2.24) is 24.8 Å². The number of rotatable bonds is 8. The second-order valence-corrected chi connectivity index (χ2v) is 10.6. The van der Waals surface area contributed by atoms with E-state index < -0.39 is 0 Å². The molecule has 2 aromatic carbocycles. The lowest BCUT2D eigenvalue weighted by atomic mass is 10.1. The van der Waals surface area contributed by atoms with E-state index in [1.165, 1.54) is 12.3 Å². The number of carbonyl (C=O) groups is 2. The summed E-state index contributed by atoms with van der Waals surface area (Å²) in [6, 6.07) is 17.0. The highest BCUT2D eigenvalue weighted by atomic mass is 16.5. The molecular formula is C32H32N8O3. The van der Waals surface area contributed by atoms with Crippen LogP contribution < -0.4 is 10.6 Å². The zero-order chi connectivity index (χ0) is 29.6. The number of nitrogens with zero attached hydrogens (tertiary/aromatic N) is 5. The molecule has 3 N–H and O–H groups in total. The minimum absolute atomic E-state index is 0.0319. The van der Waals surface area contributed by atoms with Gasteiger partial charge in [-0.15, -0.1) is 0 Å². The van der Waals surface area contributed by atoms with E-state index in [9.17, 15) is 14.9 Å². The standard InChI is InChI=1S/C32H32N8O3/c33-18-23-19-35-32(38-30(23)27-20-34-28-5-2-1-4-26(27)28)37-25-11-13-40(21-25)31(42)22-7-9-24(10-8-22)36-29(41)6-3-12-39-14-16-43-17-15-39/h1-10,19-20,25,34H,11-17,21H2,(H,36,41)(H,35,37,38). The zero-order valence-corrected chi connectivity index (χ0v) is 23.6. The molecule has 1 unspecified atom stereocenters. The summed E-state index contributed by atoms with van der Waals surface area (Å²) in [7, 11) is 0. The molecule has 43 heavy (non-hydrogen) atoms. The summed E-state index contributed by atoms with van der Waals surface area (Å²) in [5.74, 6) is 0.129. The summed E-state index contributed by atoms with van der Waals surface area (Å²) in [5.41, 5.74) is 3.93. The first-order valence-corrected chi connectivity index (χ1v) is 14.3. The average Bonchev–Trinajstić information content (AvgIpc) is 3.69. The molecule has 11 nitrogen and oxygen atoms in total. The van der Waals surface area contributed by atoms with Crippen molar-refractivity contribution < 1.29 is 14.3 Å². The number of hydrogen-bond acceptors (Lipinski definition) is 8. The van der Waals surface area contributed by atoms with Crippen LogP contribution in [0.3, 0.4) is 0 Å². The van der Waals surface area contributed by atoms with Gasteiger partial charge in [-0.05, 0) is 36.8 Å². The Balaban J connectivity index is 1.04. The number of likely N-dealkylation sites (tertiary alicyclic amines) is 1. The smallest absolute Gasteiger partial charge is 0.253 e. The Kier molecular flexibility index (Phi) is 8.40. The predicted molar refractivity (Wildman–Crippen MR) is 163 cm³/mol. The lowest BCUT2D eigenvalue weighted by Crippen LogP contribution is -2.36. The Morgan fingerprint density at radius 2 is 1.93 bits per heavy atom. The molecule has 2 aliphatic rings. The first-order chi connectivity index (χ1) is 21.1. The SMILES string of the molecule is N#Cc1cnc(NC2CCN(C(=O)c3ccc(NC(=O)C=CCN4CCOCC4)cc3)C2)nc1-c1c[nH]c2ccccc12. The van der Waals surface area contributed by atoms with Crippen molar-refractivity contribution in [1.29, 1.82) is 5.26 Å². The fourth-order valence-corrected chi connectivity index (χ4v) is 5.41. The van der Waals surface area contributed by atoms with E-state index in [1.807, 2.05) is 36.5 Å². The molecule has 4 aromatic rings. The summed E-state index contributed by atoms with van der Waals surface area (Å²) in [6.07, 6.45) is 7.51. The molecule has 2 saturated heterocycles. The molecule has 6 rings (SSSR count). The van der Waals surface area contributed by atoms with Gasteiger partial charge < -0.3 is 25.3 Å². The molecule has 0 saturated carbocycles. The molecule has 0 aliphatic carbocycles. The minimum atomic E-state index is -0.210. The lowest BCUT2D eigenvalue weighted by molar-refractivity contribution is -0.111. The van der Waals surface area contributed by atoms with E-state index in [4.69, 9.17) is 4.74 Å². The van der Waals surface area contributed by atoms with E-state index in [0.717, 1.165) is 49.2 Å². The molecule has 2 amide bonds. The number of nitrogens with one attached hydrogen (secondary N) is 3. The summed E-state index contributed by atoms with van der Waals surface area (Å²) >= 11 is 0. The predicted octanol–water partition coefficient (Wildman–Crippen LogP) is 3.65. The number of ether oxygens (including phenoxy) is 1. The summed E-state index contributed by atoms with van der Waals surface area (Å²) in [4.78, 5) is 41.8. The molecular weight excluding hydrogens is 544 g/mol. The monoisotopic (exact) mass is 576 g/mol. The van der Waals surface area contributed by atoms with Gasteiger partial charge in [-0.1, -0.05) is 24.3 Å². The minimum Gasteiger partial charge on any atom is -0.379 e. The maximum atomic E-state index is 13.2. The van der Waals surface area contributed by atoms with Crippen LogP contribution in [0.2, 0.25) is 0 Å². The summed E-state index contributed by atoms with van der Waals surface area (Å²) in [6.45, 7) is 4.97. The van der Waals surface area contributed by atoms with Gasteiger partial charge >= 0.3 is 0 Å². The zero-order valence-electron chi connectivity index (χ0n) is 23.6. The van der Waals surface area contributed by atoms with Crippen LogP contribution in [-0.4, -0.2) is 88.5 Å². The van der Waals surface area contributed by atoms with Crippen molar-refractivity contribution in [2.45, 2.75) is 12.5 Å². The largest absolute Gasteiger partial charge is 0.379 e. The normalized spacial score (nSPS) is 17.3. The summed E-state index contributed by atoms with van der Waals surface area (Å²) < 4.78 is 5.34. The Labute approximate surface area is 249 Å². The molecule has 0 spiro atoms. The van der Waals surface area contributed by atoms with Gasteiger partial charge in [-0.25, -0.2) is 9.97 Å². The highest BCUT2D eigenvalue weighted by Crippen LogP contribution is 2.30. The fourth-order valence-electron chi connectivity index (χ4n) is 5.41. The van der Waals surface area contributed by atoms with Crippen LogP contribution in [0.15, 0.2) is 73.1 Å². The van der Waals surface area contributed by atoms with Gasteiger partial charge in [0.1, 0.15) is 6.07 Å². The number of benzene rings is 2. The number of amides is 2. The Hall–Kier alpha value is -5.05. The number of aromatic amines is 1. The first-order valence-electron chi connectivity index (χ1n) is 14.3. The van der Waals surface area contributed by atoms with Gasteiger partial charge in [-0.3, -0.25) is 14.5 Å². The molecule has 2 aromatic heterocycles. The van der Waals surface area contributed by atoms with Gasteiger partial charge in [-0.2, -0.15) is 5.26 Å². The number of morpholine rings is 1. The third kappa shape index (κ3) is 6.56. The molecule has 1 atom stereocenters. The van der Waals surface area contributed by atoms with Crippen molar-refractivity contribution in [2.75, 3.05) is 56.6 Å². The van der Waals surface area contributed by atoms with Crippen LogP contribution in [0.1, 0.15) is 22.3 Å². The fraction of sp³-hybridized carbons (Fsp3) is 0.281. The highest BCUT2D eigenvalue weighted by Gasteiger charge is 2.28. The van der Waals surface area contributed by atoms with Crippen LogP contribution in [0.4, 0.5) is 11.6 Å².